The molecule has 0 saturated carbocycles. The highest BCUT2D eigenvalue weighted by atomic mass is 19.1. The molecule has 1 heterocycles. The van der Waals surface area contributed by atoms with Crippen molar-refractivity contribution in [2.75, 3.05) is 13.1 Å². The van der Waals surface area contributed by atoms with Gasteiger partial charge in [0.05, 0.1) is 5.41 Å². The summed E-state index contributed by atoms with van der Waals surface area (Å²) in [6.07, 6.45) is 1.72. The molecule has 5 heteroatoms. The van der Waals surface area contributed by atoms with Gasteiger partial charge in [0.25, 0.3) is 0 Å². The van der Waals surface area contributed by atoms with Gasteiger partial charge < -0.3 is 5.11 Å². The fourth-order valence-corrected chi connectivity index (χ4v) is 2.87. The maximum absolute atomic E-state index is 13.7. The van der Waals surface area contributed by atoms with Crippen molar-refractivity contribution in [2.24, 2.45) is 11.3 Å². The van der Waals surface area contributed by atoms with Gasteiger partial charge in [-0.3, -0.25) is 9.69 Å². The topological polar surface area (TPSA) is 40.5 Å². The minimum Gasteiger partial charge on any atom is -0.481 e. The Kier molecular flexibility index (Phi) is 4.61. The molecule has 1 aliphatic rings. The van der Waals surface area contributed by atoms with Crippen LogP contribution in [-0.4, -0.2) is 29.1 Å². The number of halogens is 2. The number of likely N-dealkylation sites (tertiary alicyclic amines) is 1. The van der Waals surface area contributed by atoms with E-state index in [-0.39, 0.29) is 5.92 Å². The third-order valence-corrected chi connectivity index (χ3v) is 4.48. The van der Waals surface area contributed by atoms with E-state index < -0.39 is 23.0 Å². The van der Waals surface area contributed by atoms with Crippen LogP contribution in [0.3, 0.4) is 0 Å². The second-order valence-corrected chi connectivity index (χ2v) is 6.34. The Morgan fingerprint density at radius 1 is 1.43 bits per heavy atom. The number of benzene rings is 1. The van der Waals surface area contributed by atoms with Crippen LogP contribution in [0.2, 0.25) is 0 Å². The lowest BCUT2D eigenvalue weighted by molar-refractivity contribution is -0.151. The lowest BCUT2D eigenvalue weighted by Crippen LogP contribution is -2.44. The highest BCUT2D eigenvalue weighted by molar-refractivity contribution is 5.74. The van der Waals surface area contributed by atoms with Crippen molar-refractivity contribution in [2.45, 2.75) is 33.2 Å². The predicted molar refractivity (Wildman–Crippen MR) is 75.8 cm³/mol. The van der Waals surface area contributed by atoms with Gasteiger partial charge in [0.2, 0.25) is 0 Å². The summed E-state index contributed by atoms with van der Waals surface area (Å²) in [5.74, 6) is -1.67. The summed E-state index contributed by atoms with van der Waals surface area (Å²) in [6.45, 7) is 5.14. The molecule has 1 aromatic rings. The number of hydrogen-bond donors (Lipinski definition) is 1. The molecular weight excluding hydrogens is 276 g/mol. The van der Waals surface area contributed by atoms with Gasteiger partial charge in [-0.05, 0) is 57.4 Å². The van der Waals surface area contributed by atoms with E-state index >= 15 is 0 Å². The van der Waals surface area contributed by atoms with Crippen LogP contribution >= 0.6 is 0 Å². The zero-order valence-corrected chi connectivity index (χ0v) is 12.4. The standard InChI is InChI=1S/C16H21F2NO2/c1-16(2,15(20)21)12-4-3-7-19(10-12)9-11-8-13(17)5-6-14(11)18/h5-6,8,12H,3-4,7,9-10H2,1-2H3,(H,20,21). The first-order valence-electron chi connectivity index (χ1n) is 7.20. The summed E-state index contributed by atoms with van der Waals surface area (Å²) in [6, 6.07) is 3.44. The fraction of sp³-hybridized carbons (Fsp3) is 0.562. The summed E-state index contributed by atoms with van der Waals surface area (Å²) < 4.78 is 26.9. The number of carboxylic acid groups (broad SMARTS) is 1. The molecule has 0 radical (unpaired) electrons. The Balaban J connectivity index is 2.08. The van der Waals surface area contributed by atoms with Crippen LogP contribution in [0.1, 0.15) is 32.3 Å². The van der Waals surface area contributed by atoms with Gasteiger partial charge in [0.1, 0.15) is 11.6 Å². The molecule has 0 spiro atoms. The zero-order chi connectivity index (χ0) is 15.6. The first kappa shape index (κ1) is 15.9. The van der Waals surface area contributed by atoms with Gasteiger partial charge in [0.15, 0.2) is 0 Å². The van der Waals surface area contributed by atoms with E-state index in [1.165, 1.54) is 6.07 Å². The first-order valence-corrected chi connectivity index (χ1v) is 7.20. The van der Waals surface area contributed by atoms with Gasteiger partial charge in [-0.25, -0.2) is 8.78 Å². The van der Waals surface area contributed by atoms with E-state index in [0.717, 1.165) is 31.5 Å². The Morgan fingerprint density at radius 3 is 2.81 bits per heavy atom. The molecule has 1 N–H and O–H groups in total. The minimum absolute atomic E-state index is 0.0142. The summed E-state index contributed by atoms with van der Waals surface area (Å²) in [5.41, 5.74) is -0.483. The molecule has 1 atom stereocenters. The molecule has 1 saturated heterocycles. The largest absolute Gasteiger partial charge is 0.481 e. The molecule has 2 rings (SSSR count). The minimum atomic E-state index is -0.814. The normalized spacial score (nSPS) is 20.5. The van der Waals surface area contributed by atoms with Crippen molar-refractivity contribution in [1.29, 1.82) is 0 Å². The van der Waals surface area contributed by atoms with Gasteiger partial charge in [-0.1, -0.05) is 0 Å². The van der Waals surface area contributed by atoms with Crippen molar-refractivity contribution in [3.8, 4) is 0 Å². The van der Waals surface area contributed by atoms with Crippen molar-refractivity contribution in [1.82, 2.24) is 4.90 Å². The number of aliphatic carboxylic acids is 1. The van der Waals surface area contributed by atoms with Crippen molar-refractivity contribution in [3.63, 3.8) is 0 Å². The van der Waals surface area contributed by atoms with Crippen molar-refractivity contribution >= 4 is 5.97 Å². The van der Waals surface area contributed by atoms with E-state index in [9.17, 15) is 18.7 Å². The molecule has 0 aliphatic carbocycles. The van der Waals surface area contributed by atoms with Crippen LogP contribution < -0.4 is 0 Å². The molecule has 0 bridgehead atoms. The van der Waals surface area contributed by atoms with Crippen molar-refractivity contribution in [3.05, 3.63) is 35.4 Å². The van der Waals surface area contributed by atoms with E-state index in [1.54, 1.807) is 13.8 Å². The Bertz CT molecular complexity index is 531. The smallest absolute Gasteiger partial charge is 0.309 e. The van der Waals surface area contributed by atoms with E-state index in [2.05, 4.69) is 0 Å². The van der Waals surface area contributed by atoms with Crippen molar-refractivity contribution < 1.29 is 18.7 Å². The van der Waals surface area contributed by atoms with Crippen LogP contribution in [-0.2, 0) is 11.3 Å². The summed E-state index contributed by atoms with van der Waals surface area (Å²) >= 11 is 0. The number of hydrogen-bond acceptors (Lipinski definition) is 2. The molecule has 1 aliphatic heterocycles. The first-order chi connectivity index (χ1) is 9.80. The second kappa shape index (κ2) is 6.10. The third kappa shape index (κ3) is 3.59. The third-order valence-electron chi connectivity index (χ3n) is 4.48. The van der Waals surface area contributed by atoms with E-state index in [1.807, 2.05) is 4.90 Å². The quantitative estimate of drug-likeness (QED) is 0.927. The molecule has 21 heavy (non-hydrogen) atoms. The molecule has 1 unspecified atom stereocenters. The van der Waals surface area contributed by atoms with E-state index in [4.69, 9.17) is 0 Å². The van der Waals surface area contributed by atoms with E-state index in [0.29, 0.717) is 18.7 Å². The predicted octanol–water partition coefficient (Wildman–Crippen LogP) is 3.29. The maximum atomic E-state index is 13.7. The van der Waals surface area contributed by atoms with Crippen LogP contribution in [0.4, 0.5) is 8.78 Å². The Labute approximate surface area is 123 Å². The highest BCUT2D eigenvalue weighted by Crippen LogP contribution is 2.34. The Hall–Kier alpha value is -1.49. The van der Waals surface area contributed by atoms with Crippen LogP contribution in [0, 0.1) is 23.0 Å². The summed E-state index contributed by atoms with van der Waals surface area (Å²) in [7, 11) is 0. The summed E-state index contributed by atoms with van der Waals surface area (Å²) in [4.78, 5) is 13.4. The lowest BCUT2D eigenvalue weighted by Gasteiger charge is -2.39. The molecule has 3 nitrogen and oxygen atoms in total. The van der Waals surface area contributed by atoms with Gasteiger partial charge in [-0.2, -0.15) is 0 Å². The van der Waals surface area contributed by atoms with Gasteiger partial charge in [0, 0.05) is 18.7 Å². The SMILES string of the molecule is CC(C)(C(=O)O)C1CCCN(Cc2cc(F)ccc2F)C1. The summed E-state index contributed by atoms with van der Waals surface area (Å²) in [5, 5.41) is 9.32. The number of nitrogens with zero attached hydrogens (tertiary/aromatic N) is 1. The Morgan fingerprint density at radius 2 is 2.14 bits per heavy atom. The average Bonchev–Trinajstić information content (AvgIpc) is 2.43. The number of carbonyl (C=O) groups is 1. The molecule has 0 aromatic heterocycles. The molecule has 0 amide bonds. The van der Waals surface area contributed by atoms with Gasteiger partial charge in [-0.15, -0.1) is 0 Å². The van der Waals surface area contributed by atoms with Gasteiger partial charge >= 0.3 is 5.97 Å². The lowest BCUT2D eigenvalue weighted by atomic mass is 9.74. The molecule has 116 valence electrons. The maximum Gasteiger partial charge on any atom is 0.309 e. The number of carboxylic acids is 1. The average molecular weight is 297 g/mol. The fourth-order valence-electron chi connectivity index (χ4n) is 2.87. The number of rotatable bonds is 4. The highest BCUT2D eigenvalue weighted by Gasteiger charge is 2.39. The van der Waals surface area contributed by atoms with Crippen LogP contribution in [0.5, 0.6) is 0 Å². The second-order valence-electron chi connectivity index (χ2n) is 6.34. The number of piperidine rings is 1. The van der Waals surface area contributed by atoms with Crippen LogP contribution in [0.25, 0.3) is 0 Å². The zero-order valence-electron chi connectivity index (χ0n) is 12.4. The molecule has 1 aromatic carbocycles. The molecule has 1 fully saturated rings. The monoisotopic (exact) mass is 297 g/mol. The molecular formula is C16H21F2NO2. The van der Waals surface area contributed by atoms with Crippen LogP contribution in [0.15, 0.2) is 18.2 Å².